The van der Waals surface area contributed by atoms with Gasteiger partial charge in [0.25, 0.3) is 5.91 Å². The lowest BCUT2D eigenvalue weighted by molar-refractivity contribution is 0.0925. The molecule has 0 saturated heterocycles. The van der Waals surface area contributed by atoms with Gasteiger partial charge in [0, 0.05) is 6.04 Å². The van der Waals surface area contributed by atoms with Crippen LogP contribution in [-0.2, 0) is 6.42 Å². The van der Waals surface area contributed by atoms with Crippen molar-refractivity contribution in [2.75, 3.05) is 6.61 Å². The second-order valence-electron chi connectivity index (χ2n) is 3.36. The van der Waals surface area contributed by atoms with Crippen LogP contribution in [0.1, 0.15) is 35.6 Å². The number of nitrogens with one attached hydrogen (secondary N) is 1. The molecule has 5 nitrogen and oxygen atoms in total. The van der Waals surface area contributed by atoms with Crippen molar-refractivity contribution in [2.24, 2.45) is 0 Å². The molecule has 0 aromatic carbocycles. The van der Waals surface area contributed by atoms with E-state index >= 15 is 0 Å². The highest BCUT2D eigenvalue weighted by Crippen LogP contribution is 2.12. The molecule has 0 spiro atoms. The average molecular weight is 229 g/mol. The molecule has 84 valence electrons. The lowest BCUT2D eigenvalue weighted by Crippen LogP contribution is -2.35. The molecule has 0 bridgehead atoms. The van der Waals surface area contributed by atoms with Crippen LogP contribution in [0.4, 0.5) is 0 Å². The van der Waals surface area contributed by atoms with E-state index in [1.807, 2.05) is 6.92 Å². The van der Waals surface area contributed by atoms with Gasteiger partial charge < -0.3 is 10.4 Å². The van der Waals surface area contributed by atoms with Gasteiger partial charge in [0.15, 0.2) is 0 Å². The summed E-state index contributed by atoms with van der Waals surface area (Å²) in [5.74, 6) is -0.199. The topological polar surface area (TPSA) is 75.1 Å². The van der Waals surface area contributed by atoms with Crippen molar-refractivity contribution in [3.63, 3.8) is 0 Å². The van der Waals surface area contributed by atoms with Crippen molar-refractivity contribution in [1.82, 2.24) is 14.9 Å². The minimum absolute atomic E-state index is 0.0684. The molecule has 1 aromatic heterocycles. The highest BCUT2D eigenvalue weighted by Gasteiger charge is 2.16. The predicted octanol–water partition coefficient (Wildman–Crippen LogP) is 0.601. The molecule has 1 amide bonds. The first-order chi connectivity index (χ1) is 7.19. The van der Waals surface area contributed by atoms with Crippen LogP contribution in [0.25, 0.3) is 0 Å². The Morgan fingerprint density at radius 1 is 1.67 bits per heavy atom. The highest BCUT2D eigenvalue weighted by molar-refractivity contribution is 7.08. The molecule has 2 N–H and O–H groups in total. The van der Waals surface area contributed by atoms with Gasteiger partial charge in [-0.3, -0.25) is 4.79 Å². The zero-order valence-electron chi connectivity index (χ0n) is 8.86. The quantitative estimate of drug-likeness (QED) is 0.775. The molecular weight excluding hydrogens is 214 g/mol. The Labute approximate surface area is 92.7 Å². The molecule has 0 unspecified atom stereocenters. The maximum absolute atomic E-state index is 11.7. The van der Waals surface area contributed by atoms with E-state index in [0.717, 1.165) is 30.1 Å². The van der Waals surface area contributed by atoms with E-state index in [1.54, 1.807) is 6.92 Å². The van der Waals surface area contributed by atoms with E-state index in [2.05, 4.69) is 14.9 Å². The summed E-state index contributed by atoms with van der Waals surface area (Å²) >= 11 is 1.10. The molecule has 0 aliphatic rings. The van der Waals surface area contributed by atoms with Crippen LogP contribution in [0.3, 0.4) is 0 Å². The number of rotatable bonds is 5. The number of hydrogen-bond donors (Lipinski definition) is 2. The number of carbonyl (C=O) groups excluding carboxylic acids is 1. The molecule has 1 heterocycles. The Bertz CT molecular complexity index is 327. The van der Waals surface area contributed by atoms with Crippen LogP contribution in [0, 0.1) is 0 Å². The van der Waals surface area contributed by atoms with Crippen LogP contribution < -0.4 is 5.32 Å². The van der Waals surface area contributed by atoms with E-state index in [4.69, 9.17) is 5.11 Å². The maximum Gasteiger partial charge on any atom is 0.265 e. The number of amides is 1. The lowest BCUT2D eigenvalue weighted by atomic mass is 10.2. The Morgan fingerprint density at radius 2 is 2.40 bits per heavy atom. The minimum Gasteiger partial charge on any atom is -0.394 e. The van der Waals surface area contributed by atoms with Crippen LogP contribution >= 0.6 is 11.5 Å². The fourth-order valence-corrected chi connectivity index (χ4v) is 1.73. The van der Waals surface area contributed by atoms with Gasteiger partial charge in [0.1, 0.15) is 4.88 Å². The predicted molar refractivity (Wildman–Crippen MR) is 57.9 cm³/mol. The zero-order chi connectivity index (χ0) is 11.3. The van der Waals surface area contributed by atoms with Crippen molar-refractivity contribution in [2.45, 2.75) is 32.7 Å². The van der Waals surface area contributed by atoms with Gasteiger partial charge >= 0.3 is 0 Å². The van der Waals surface area contributed by atoms with Gasteiger partial charge in [-0.2, -0.15) is 0 Å². The second-order valence-corrected chi connectivity index (χ2v) is 4.11. The number of carbonyl (C=O) groups is 1. The number of aromatic nitrogens is 2. The summed E-state index contributed by atoms with van der Waals surface area (Å²) < 4.78 is 3.76. The summed E-state index contributed by atoms with van der Waals surface area (Å²) in [6.07, 6.45) is 1.69. The number of aryl methyl sites for hydroxylation is 1. The Kier molecular flexibility index (Phi) is 4.64. The number of aliphatic hydroxyl groups is 1. The summed E-state index contributed by atoms with van der Waals surface area (Å²) in [4.78, 5) is 12.2. The Morgan fingerprint density at radius 3 is 3.00 bits per heavy atom. The summed E-state index contributed by atoms with van der Waals surface area (Å²) in [6, 6.07) is -0.242. The monoisotopic (exact) mass is 229 g/mol. The lowest BCUT2D eigenvalue weighted by Gasteiger charge is -2.09. The standard InChI is InChI=1S/C9H15N3O2S/c1-3-4-7-8(15-12-11-7)9(14)10-6(2)5-13/h6,13H,3-5H2,1-2H3,(H,10,14)/t6-/m1/s1. The second kappa shape index (κ2) is 5.77. The van der Waals surface area contributed by atoms with E-state index in [9.17, 15) is 4.79 Å². The third-order valence-corrected chi connectivity index (χ3v) is 2.67. The van der Waals surface area contributed by atoms with Gasteiger partial charge in [-0.1, -0.05) is 17.8 Å². The van der Waals surface area contributed by atoms with E-state index in [1.165, 1.54) is 0 Å². The summed E-state index contributed by atoms with van der Waals surface area (Å²) in [6.45, 7) is 3.70. The fourth-order valence-electron chi connectivity index (χ4n) is 1.12. The van der Waals surface area contributed by atoms with Crippen molar-refractivity contribution >= 4 is 17.4 Å². The summed E-state index contributed by atoms with van der Waals surface area (Å²) in [5, 5.41) is 15.4. The summed E-state index contributed by atoms with van der Waals surface area (Å²) in [7, 11) is 0. The molecule has 0 aliphatic carbocycles. The highest BCUT2D eigenvalue weighted by atomic mass is 32.1. The van der Waals surface area contributed by atoms with E-state index in [-0.39, 0.29) is 18.6 Å². The average Bonchev–Trinajstić information content (AvgIpc) is 2.66. The Balaban J connectivity index is 2.68. The molecule has 1 rings (SSSR count). The molecular formula is C9H15N3O2S. The number of nitrogens with zero attached hydrogens (tertiary/aromatic N) is 2. The first-order valence-electron chi connectivity index (χ1n) is 4.92. The van der Waals surface area contributed by atoms with Gasteiger partial charge in [-0.05, 0) is 24.9 Å². The molecule has 1 atom stereocenters. The van der Waals surface area contributed by atoms with Crippen molar-refractivity contribution in [3.8, 4) is 0 Å². The van der Waals surface area contributed by atoms with Crippen molar-refractivity contribution in [3.05, 3.63) is 10.6 Å². The van der Waals surface area contributed by atoms with Gasteiger partial charge in [-0.25, -0.2) is 0 Å². The molecule has 0 aliphatic heterocycles. The fraction of sp³-hybridized carbons (Fsp3) is 0.667. The van der Waals surface area contributed by atoms with Crippen molar-refractivity contribution in [1.29, 1.82) is 0 Å². The molecule has 0 saturated carbocycles. The first kappa shape index (κ1) is 12.1. The zero-order valence-corrected chi connectivity index (χ0v) is 9.67. The maximum atomic E-state index is 11.7. The number of aliphatic hydroxyl groups excluding tert-OH is 1. The summed E-state index contributed by atoms with van der Waals surface area (Å²) in [5.41, 5.74) is 0.741. The third kappa shape index (κ3) is 3.24. The minimum atomic E-state index is -0.242. The molecule has 6 heteroatoms. The SMILES string of the molecule is CCCc1nnsc1C(=O)N[C@H](C)CO. The van der Waals surface area contributed by atoms with Crippen LogP contribution in [0.2, 0.25) is 0 Å². The van der Waals surface area contributed by atoms with Gasteiger partial charge in [-0.15, -0.1) is 5.10 Å². The smallest absolute Gasteiger partial charge is 0.265 e. The van der Waals surface area contributed by atoms with Gasteiger partial charge in [0.2, 0.25) is 0 Å². The molecule has 0 fully saturated rings. The van der Waals surface area contributed by atoms with Crippen molar-refractivity contribution < 1.29 is 9.90 Å². The van der Waals surface area contributed by atoms with E-state index < -0.39 is 0 Å². The largest absolute Gasteiger partial charge is 0.394 e. The third-order valence-electron chi connectivity index (χ3n) is 1.90. The number of hydrogen-bond acceptors (Lipinski definition) is 5. The van der Waals surface area contributed by atoms with Crippen LogP contribution in [-0.4, -0.2) is 33.2 Å². The van der Waals surface area contributed by atoms with E-state index in [0.29, 0.717) is 4.88 Å². The molecule has 15 heavy (non-hydrogen) atoms. The normalized spacial score (nSPS) is 12.5. The van der Waals surface area contributed by atoms with Gasteiger partial charge in [0.05, 0.1) is 12.3 Å². The molecule has 0 radical (unpaired) electrons. The Hall–Kier alpha value is -1.01. The first-order valence-corrected chi connectivity index (χ1v) is 5.69. The molecule has 1 aromatic rings. The van der Waals surface area contributed by atoms with Crippen LogP contribution in [0.15, 0.2) is 0 Å². The van der Waals surface area contributed by atoms with Crippen LogP contribution in [0.5, 0.6) is 0 Å².